The second-order valence-electron chi connectivity index (χ2n) is 6.25. The van der Waals surface area contributed by atoms with E-state index in [9.17, 15) is 9.90 Å². The fourth-order valence-corrected chi connectivity index (χ4v) is 3.37. The van der Waals surface area contributed by atoms with Crippen LogP contribution in [0.15, 0.2) is 30.5 Å². The number of aromatic nitrogens is 1. The second-order valence-corrected chi connectivity index (χ2v) is 6.98. The average Bonchev–Trinajstić information content (AvgIpc) is 3.03. The minimum Gasteiger partial charge on any atom is -0.493 e. The maximum atomic E-state index is 12.7. The molecule has 1 saturated carbocycles. The number of benzene rings is 1. The van der Waals surface area contributed by atoms with E-state index in [-0.39, 0.29) is 34.6 Å². The number of pyridine rings is 1. The standard InChI is InChI=1S/C19H19Cl2NO4/c1-25-16-5-2-11(9-17(16)26-14-4-3-13(23)10-14)15(24)8-12-6-7-22-19(21)18(12)20/h2,5-7,9,13-14,23H,3-4,8,10H2,1H3/t13-,14+/m0/s1. The predicted molar refractivity (Wildman–Crippen MR) is 99.6 cm³/mol. The van der Waals surface area contributed by atoms with Gasteiger partial charge in [0.25, 0.3) is 0 Å². The van der Waals surface area contributed by atoms with Gasteiger partial charge in [0.05, 0.1) is 18.2 Å². The summed E-state index contributed by atoms with van der Waals surface area (Å²) < 4.78 is 11.3. The summed E-state index contributed by atoms with van der Waals surface area (Å²) in [5.74, 6) is 0.928. The number of halogens is 2. The molecule has 1 heterocycles. The number of nitrogens with zero attached hydrogens (tertiary/aromatic N) is 1. The van der Waals surface area contributed by atoms with Crippen LogP contribution in [0.25, 0.3) is 0 Å². The topological polar surface area (TPSA) is 68.7 Å². The smallest absolute Gasteiger partial charge is 0.167 e. The Bertz CT molecular complexity index is 812. The number of Topliss-reactive ketones (excluding diaryl/α,β-unsaturated/α-hetero) is 1. The Labute approximate surface area is 161 Å². The monoisotopic (exact) mass is 395 g/mol. The van der Waals surface area contributed by atoms with Gasteiger partial charge < -0.3 is 14.6 Å². The van der Waals surface area contributed by atoms with Crippen molar-refractivity contribution in [2.75, 3.05) is 7.11 Å². The van der Waals surface area contributed by atoms with Gasteiger partial charge in [-0.25, -0.2) is 4.98 Å². The number of carbonyl (C=O) groups is 1. The molecule has 1 aliphatic carbocycles. The van der Waals surface area contributed by atoms with E-state index in [2.05, 4.69) is 4.98 Å². The molecule has 138 valence electrons. The van der Waals surface area contributed by atoms with Gasteiger partial charge in [0.1, 0.15) is 11.3 Å². The lowest BCUT2D eigenvalue weighted by molar-refractivity contribution is 0.0991. The van der Waals surface area contributed by atoms with Crippen LogP contribution in [-0.2, 0) is 6.42 Å². The van der Waals surface area contributed by atoms with Crippen LogP contribution in [0.1, 0.15) is 35.2 Å². The van der Waals surface area contributed by atoms with Gasteiger partial charge in [-0.2, -0.15) is 0 Å². The van der Waals surface area contributed by atoms with Crippen molar-refractivity contribution in [3.63, 3.8) is 0 Å². The van der Waals surface area contributed by atoms with Gasteiger partial charge in [-0.1, -0.05) is 23.2 Å². The molecular formula is C19H19Cl2NO4. The first kappa shape index (κ1) is 19.0. The highest BCUT2D eigenvalue weighted by Gasteiger charge is 2.25. The normalized spacial score (nSPS) is 19.4. The molecular weight excluding hydrogens is 377 g/mol. The van der Waals surface area contributed by atoms with Crippen LogP contribution in [0.2, 0.25) is 10.2 Å². The fourth-order valence-electron chi connectivity index (χ4n) is 3.01. The van der Waals surface area contributed by atoms with Gasteiger partial charge >= 0.3 is 0 Å². The third kappa shape index (κ3) is 4.29. The van der Waals surface area contributed by atoms with Crippen molar-refractivity contribution in [1.29, 1.82) is 0 Å². The number of ether oxygens (including phenoxy) is 2. The molecule has 2 aromatic rings. The maximum Gasteiger partial charge on any atom is 0.167 e. The number of rotatable bonds is 6. The average molecular weight is 396 g/mol. The van der Waals surface area contributed by atoms with Crippen LogP contribution >= 0.6 is 23.2 Å². The molecule has 0 amide bonds. The number of hydrogen-bond acceptors (Lipinski definition) is 5. The number of hydrogen-bond donors (Lipinski definition) is 1. The highest BCUT2D eigenvalue weighted by molar-refractivity contribution is 6.41. The van der Waals surface area contributed by atoms with Crippen molar-refractivity contribution in [3.05, 3.63) is 51.8 Å². The summed E-state index contributed by atoms with van der Waals surface area (Å²) in [5, 5.41) is 10.1. The highest BCUT2D eigenvalue weighted by Crippen LogP contribution is 2.33. The summed E-state index contributed by atoms with van der Waals surface area (Å²) >= 11 is 12.0. The molecule has 3 rings (SSSR count). The summed E-state index contributed by atoms with van der Waals surface area (Å²) in [6, 6.07) is 6.73. The third-order valence-corrected chi connectivity index (χ3v) is 5.22. The number of ketones is 1. The number of methoxy groups -OCH3 is 1. The van der Waals surface area contributed by atoms with E-state index in [4.69, 9.17) is 32.7 Å². The zero-order chi connectivity index (χ0) is 18.7. The second kappa shape index (κ2) is 8.25. The number of aliphatic hydroxyl groups is 1. The minimum absolute atomic E-state index is 0.0855. The van der Waals surface area contributed by atoms with E-state index < -0.39 is 0 Å². The summed E-state index contributed by atoms with van der Waals surface area (Å²) in [5.41, 5.74) is 1.11. The molecule has 1 aliphatic rings. The van der Waals surface area contributed by atoms with E-state index in [0.717, 1.165) is 6.42 Å². The first-order valence-corrected chi connectivity index (χ1v) is 9.08. The molecule has 26 heavy (non-hydrogen) atoms. The van der Waals surface area contributed by atoms with Crippen molar-refractivity contribution >= 4 is 29.0 Å². The Kier molecular flexibility index (Phi) is 6.01. The van der Waals surface area contributed by atoms with Gasteiger partial charge in [0.2, 0.25) is 0 Å². The van der Waals surface area contributed by atoms with E-state index in [1.807, 2.05) is 0 Å². The van der Waals surface area contributed by atoms with Crippen LogP contribution in [-0.4, -0.2) is 35.2 Å². The Morgan fingerprint density at radius 2 is 2.08 bits per heavy atom. The summed E-state index contributed by atoms with van der Waals surface area (Å²) in [4.78, 5) is 16.5. The quantitative estimate of drug-likeness (QED) is 0.588. The van der Waals surface area contributed by atoms with Gasteiger partial charge in [-0.15, -0.1) is 0 Å². The maximum absolute atomic E-state index is 12.7. The molecule has 0 spiro atoms. The molecule has 5 nitrogen and oxygen atoms in total. The van der Waals surface area contributed by atoms with Gasteiger partial charge in [0.15, 0.2) is 17.3 Å². The van der Waals surface area contributed by atoms with Gasteiger partial charge in [0, 0.05) is 24.6 Å². The van der Waals surface area contributed by atoms with E-state index in [0.29, 0.717) is 35.5 Å². The third-order valence-electron chi connectivity index (χ3n) is 4.41. The zero-order valence-electron chi connectivity index (χ0n) is 14.2. The van der Waals surface area contributed by atoms with Crippen LogP contribution in [0.4, 0.5) is 0 Å². The molecule has 0 saturated heterocycles. The Morgan fingerprint density at radius 3 is 2.77 bits per heavy atom. The van der Waals surface area contributed by atoms with Crippen molar-refractivity contribution in [1.82, 2.24) is 4.98 Å². The molecule has 0 unspecified atom stereocenters. The van der Waals surface area contributed by atoms with Crippen LogP contribution in [0.3, 0.4) is 0 Å². The first-order chi connectivity index (χ1) is 12.5. The predicted octanol–water partition coefficient (Wildman–Crippen LogP) is 4.11. The molecule has 0 bridgehead atoms. The van der Waals surface area contributed by atoms with Crippen molar-refractivity contribution in [2.45, 2.75) is 37.9 Å². The summed E-state index contributed by atoms with van der Waals surface area (Å²) in [6.45, 7) is 0. The summed E-state index contributed by atoms with van der Waals surface area (Å²) in [6.07, 6.45) is 3.26. The van der Waals surface area contributed by atoms with E-state index in [1.165, 1.54) is 6.20 Å². The van der Waals surface area contributed by atoms with Crippen LogP contribution < -0.4 is 9.47 Å². The minimum atomic E-state index is -0.339. The molecule has 1 fully saturated rings. The molecule has 0 radical (unpaired) electrons. The Morgan fingerprint density at radius 1 is 1.27 bits per heavy atom. The molecule has 1 aromatic carbocycles. The van der Waals surface area contributed by atoms with Crippen molar-refractivity contribution in [2.24, 2.45) is 0 Å². The van der Waals surface area contributed by atoms with Gasteiger partial charge in [-0.3, -0.25) is 4.79 Å². The fraction of sp³-hybridized carbons (Fsp3) is 0.368. The lowest BCUT2D eigenvalue weighted by Crippen LogP contribution is -2.14. The zero-order valence-corrected chi connectivity index (χ0v) is 15.8. The lowest BCUT2D eigenvalue weighted by atomic mass is 10.0. The van der Waals surface area contributed by atoms with Crippen molar-refractivity contribution in [3.8, 4) is 11.5 Å². The molecule has 1 aromatic heterocycles. The highest BCUT2D eigenvalue weighted by atomic mass is 35.5. The Balaban J connectivity index is 1.80. The number of aliphatic hydroxyl groups excluding tert-OH is 1. The SMILES string of the molecule is COc1ccc(C(=O)Cc2ccnc(Cl)c2Cl)cc1O[C@@H]1CC[C@H](O)C1. The molecule has 2 atom stereocenters. The van der Waals surface area contributed by atoms with E-state index >= 15 is 0 Å². The summed E-state index contributed by atoms with van der Waals surface area (Å²) in [7, 11) is 1.55. The van der Waals surface area contributed by atoms with Gasteiger partial charge in [-0.05, 0) is 42.7 Å². The molecule has 7 heteroatoms. The first-order valence-electron chi connectivity index (χ1n) is 8.32. The van der Waals surface area contributed by atoms with E-state index in [1.54, 1.807) is 31.4 Å². The Hall–Kier alpha value is -1.82. The van der Waals surface area contributed by atoms with Crippen LogP contribution in [0.5, 0.6) is 11.5 Å². The van der Waals surface area contributed by atoms with Crippen molar-refractivity contribution < 1.29 is 19.4 Å². The molecule has 1 N–H and O–H groups in total. The lowest BCUT2D eigenvalue weighted by Gasteiger charge is -2.17. The molecule has 0 aliphatic heterocycles. The number of carbonyl (C=O) groups excluding carboxylic acids is 1. The van der Waals surface area contributed by atoms with Crippen LogP contribution in [0, 0.1) is 0 Å². The largest absolute Gasteiger partial charge is 0.493 e.